The van der Waals surface area contributed by atoms with Gasteiger partial charge >= 0.3 is 0 Å². The highest BCUT2D eigenvalue weighted by atomic mass is 79.9. The van der Waals surface area contributed by atoms with Gasteiger partial charge in [-0.05, 0) is 134 Å². The first-order valence-electron chi connectivity index (χ1n) is 22.5. The second-order valence-corrected chi connectivity index (χ2v) is 16.5. The van der Waals surface area contributed by atoms with Crippen molar-refractivity contribution >= 4 is 15.9 Å². The van der Waals surface area contributed by atoms with E-state index >= 15 is 0 Å². The van der Waals surface area contributed by atoms with Crippen LogP contribution < -0.4 is 4.74 Å². The Kier molecular flexibility index (Phi) is 19.1. The van der Waals surface area contributed by atoms with Gasteiger partial charge in [0.05, 0.1) is 17.7 Å². The predicted octanol–water partition coefficient (Wildman–Crippen LogP) is 14.3. The van der Waals surface area contributed by atoms with Crippen molar-refractivity contribution in [1.29, 1.82) is 0 Å². The van der Waals surface area contributed by atoms with Crippen molar-refractivity contribution in [2.24, 2.45) is 0 Å². The third-order valence-corrected chi connectivity index (χ3v) is 10.9. The maximum Gasteiger partial charge on any atom is 0.167 e. The first-order valence-corrected chi connectivity index (χ1v) is 23.7. The van der Waals surface area contributed by atoms with Crippen molar-refractivity contribution in [3.8, 4) is 91.3 Å². The Balaban J connectivity index is 0.000000202. The van der Waals surface area contributed by atoms with Crippen LogP contribution in [0.2, 0.25) is 0 Å². The molecule has 0 fully saturated rings. The van der Waals surface area contributed by atoms with E-state index in [2.05, 4.69) is 59.7 Å². The van der Waals surface area contributed by atoms with Crippen LogP contribution in [0.15, 0.2) is 133 Å². The number of hydrogen-bond acceptors (Lipinski definition) is 10. The SMILES string of the molecule is CCCCCCBr.CCCCCCOc1ccc(-c2nc(-c3ccc(F)cc3)nc(-c3ccc(F)cc3)n2)c(O)c1.Oc1ccc(-c2nc(-c3ccc(F)cc3)nc(-c3ccc(F)cc3)n2)c(O)c1. The van der Waals surface area contributed by atoms with Crippen LogP contribution in [0.25, 0.3) is 68.3 Å². The summed E-state index contributed by atoms with van der Waals surface area (Å²) in [5.74, 6) is 0.200. The van der Waals surface area contributed by atoms with E-state index in [1.807, 2.05) is 0 Å². The lowest BCUT2D eigenvalue weighted by Crippen LogP contribution is -2.01. The summed E-state index contributed by atoms with van der Waals surface area (Å²) >= 11 is 3.38. The molecule has 0 aliphatic heterocycles. The molecule has 0 radical (unpaired) electrons. The third-order valence-electron chi connectivity index (χ3n) is 10.4. The molecule has 0 unspecified atom stereocenters. The van der Waals surface area contributed by atoms with Gasteiger partial charge in [0.25, 0.3) is 0 Å². The molecule has 8 rings (SSSR count). The summed E-state index contributed by atoms with van der Waals surface area (Å²) in [4.78, 5) is 26.7. The zero-order valence-electron chi connectivity index (χ0n) is 38.1. The van der Waals surface area contributed by atoms with Gasteiger partial charge in [-0.2, -0.15) is 0 Å². The molecule has 15 heteroatoms. The molecule has 0 saturated carbocycles. The van der Waals surface area contributed by atoms with Gasteiger partial charge in [-0.1, -0.05) is 68.3 Å². The van der Waals surface area contributed by atoms with Crippen LogP contribution in [0, 0.1) is 23.3 Å². The number of rotatable bonds is 16. The van der Waals surface area contributed by atoms with E-state index in [1.165, 1.54) is 134 Å². The van der Waals surface area contributed by atoms with Crippen molar-refractivity contribution < 1.29 is 37.6 Å². The predicted molar refractivity (Wildman–Crippen MR) is 265 cm³/mol. The molecule has 0 amide bonds. The molecule has 0 saturated heterocycles. The second kappa shape index (κ2) is 25.8. The van der Waals surface area contributed by atoms with Crippen molar-refractivity contribution in [2.45, 2.75) is 65.2 Å². The molecule has 3 N–H and O–H groups in total. The number of ether oxygens (including phenoxy) is 1. The lowest BCUT2D eigenvalue weighted by molar-refractivity contribution is 0.303. The van der Waals surface area contributed by atoms with Crippen LogP contribution in [0.4, 0.5) is 17.6 Å². The highest BCUT2D eigenvalue weighted by Crippen LogP contribution is 2.34. The minimum atomic E-state index is -0.395. The van der Waals surface area contributed by atoms with Crippen LogP contribution in [-0.4, -0.2) is 57.2 Å². The van der Waals surface area contributed by atoms with Crippen LogP contribution in [0.5, 0.6) is 23.0 Å². The molecule has 69 heavy (non-hydrogen) atoms. The number of phenolic OH excluding ortho intramolecular Hbond substituents is 3. The minimum absolute atomic E-state index is 0.0348. The highest BCUT2D eigenvalue weighted by molar-refractivity contribution is 9.09. The molecule has 0 bridgehead atoms. The van der Waals surface area contributed by atoms with Gasteiger partial charge in [0.15, 0.2) is 34.9 Å². The van der Waals surface area contributed by atoms with Gasteiger partial charge in [0.2, 0.25) is 0 Å². The van der Waals surface area contributed by atoms with Gasteiger partial charge in [0.1, 0.15) is 46.3 Å². The van der Waals surface area contributed by atoms with Crippen LogP contribution in [0.3, 0.4) is 0 Å². The summed E-state index contributed by atoms with van der Waals surface area (Å²) in [7, 11) is 0. The number of alkyl halides is 1. The number of aromatic nitrogens is 6. The van der Waals surface area contributed by atoms with Gasteiger partial charge < -0.3 is 20.1 Å². The Morgan fingerprint density at radius 2 is 0.754 bits per heavy atom. The third kappa shape index (κ3) is 15.1. The largest absolute Gasteiger partial charge is 0.508 e. The summed E-state index contributed by atoms with van der Waals surface area (Å²) in [5, 5.41) is 31.6. The molecule has 0 spiro atoms. The first kappa shape index (κ1) is 51.1. The van der Waals surface area contributed by atoms with Gasteiger partial charge in [-0.15, -0.1) is 0 Å². The lowest BCUT2D eigenvalue weighted by Gasteiger charge is -2.11. The van der Waals surface area contributed by atoms with E-state index in [1.54, 1.807) is 36.4 Å². The first-order chi connectivity index (χ1) is 33.4. The van der Waals surface area contributed by atoms with Crippen LogP contribution >= 0.6 is 15.9 Å². The Hall–Kier alpha value is -7.26. The summed E-state index contributed by atoms with van der Waals surface area (Å²) in [5.41, 5.74) is 2.94. The summed E-state index contributed by atoms with van der Waals surface area (Å²) < 4.78 is 59.2. The molecule has 2 aromatic heterocycles. The maximum absolute atomic E-state index is 13.4. The van der Waals surface area contributed by atoms with E-state index in [4.69, 9.17) is 4.74 Å². The molecule has 0 atom stereocenters. The van der Waals surface area contributed by atoms with Crippen molar-refractivity contribution in [2.75, 3.05) is 11.9 Å². The monoisotopic (exact) mass is 1000 g/mol. The lowest BCUT2D eigenvalue weighted by atomic mass is 10.1. The topological polar surface area (TPSA) is 147 Å². The fourth-order valence-electron chi connectivity index (χ4n) is 6.64. The van der Waals surface area contributed by atoms with Crippen molar-refractivity contribution in [1.82, 2.24) is 29.9 Å². The normalized spacial score (nSPS) is 10.7. The fourth-order valence-corrected chi connectivity index (χ4v) is 7.04. The molecule has 6 aromatic carbocycles. The average Bonchev–Trinajstić information content (AvgIpc) is 3.35. The summed E-state index contributed by atoms with van der Waals surface area (Å²) in [6.45, 7) is 4.96. The quantitative estimate of drug-likeness (QED) is 0.0485. The van der Waals surface area contributed by atoms with Crippen LogP contribution in [0.1, 0.15) is 65.2 Å². The molecular weight excluding hydrogens is 953 g/mol. The average molecular weight is 1000 g/mol. The van der Waals surface area contributed by atoms with Gasteiger partial charge in [-0.25, -0.2) is 47.5 Å². The van der Waals surface area contributed by atoms with Crippen molar-refractivity contribution in [3.05, 3.63) is 157 Å². The molecular formula is C54H51BrF4N6O4. The van der Waals surface area contributed by atoms with E-state index in [0.717, 1.165) is 19.3 Å². The number of nitrogens with zero attached hydrogens (tertiary/aromatic N) is 6. The fraction of sp³-hybridized carbons (Fsp3) is 0.222. The van der Waals surface area contributed by atoms with Crippen molar-refractivity contribution in [3.63, 3.8) is 0 Å². The van der Waals surface area contributed by atoms with Gasteiger partial charge in [0, 0.05) is 39.7 Å². The maximum atomic E-state index is 13.4. The molecule has 0 aliphatic carbocycles. The summed E-state index contributed by atoms with van der Waals surface area (Å²) in [6, 6.07) is 31.8. The molecule has 10 nitrogen and oxygen atoms in total. The van der Waals surface area contributed by atoms with Gasteiger partial charge in [-0.3, -0.25) is 0 Å². The Morgan fingerprint density at radius 3 is 1.10 bits per heavy atom. The molecule has 356 valence electrons. The van der Waals surface area contributed by atoms with E-state index in [0.29, 0.717) is 51.8 Å². The number of hydrogen-bond donors (Lipinski definition) is 3. The number of phenols is 3. The minimum Gasteiger partial charge on any atom is -0.508 e. The number of benzene rings is 6. The zero-order chi connectivity index (χ0) is 49.1. The van der Waals surface area contributed by atoms with E-state index in [9.17, 15) is 32.9 Å². The number of halogens is 5. The van der Waals surface area contributed by atoms with E-state index < -0.39 is 11.6 Å². The Bertz CT molecular complexity index is 2750. The van der Waals surface area contributed by atoms with Crippen LogP contribution in [-0.2, 0) is 0 Å². The Morgan fingerprint density at radius 1 is 0.406 bits per heavy atom. The highest BCUT2D eigenvalue weighted by Gasteiger charge is 2.17. The molecule has 0 aliphatic rings. The second-order valence-electron chi connectivity index (χ2n) is 15.7. The Labute approximate surface area is 407 Å². The zero-order valence-corrected chi connectivity index (χ0v) is 39.7. The molecule has 8 aromatic rings. The number of unbranched alkanes of at least 4 members (excludes halogenated alkanes) is 6. The number of aromatic hydroxyl groups is 3. The van der Waals surface area contributed by atoms with E-state index in [-0.39, 0.29) is 57.7 Å². The standard InChI is InChI=1S/C27H25F2N3O2.C21H13F2N3O2.C6H13Br/c1-2-3-4-5-16-34-22-14-15-23(24(33)17-22)27-31-25(18-6-10-20(28)11-7-18)30-26(32-27)19-8-12-21(29)13-9-19;22-14-5-1-12(2-6-14)19-24-20(13-3-7-15(23)8-4-13)26-21(25-19)17-10-9-16(27)11-18(17)28;1-2-3-4-5-6-7/h6-15,17,33H,2-5,16H2,1H3;1-11,27-28H;2-6H2,1H3. The molecule has 2 heterocycles. The smallest absolute Gasteiger partial charge is 0.167 e. The summed E-state index contributed by atoms with van der Waals surface area (Å²) in [6.07, 6.45) is 9.84.